The van der Waals surface area contributed by atoms with Crippen molar-refractivity contribution in [3.8, 4) is 5.75 Å². The molecule has 1 fully saturated rings. The van der Waals surface area contributed by atoms with E-state index in [1.807, 2.05) is 31.2 Å². The molecule has 116 valence electrons. The monoisotopic (exact) mass is 291 g/mol. The van der Waals surface area contributed by atoms with Crippen molar-refractivity contribution >= 4 is 5.91 Å². The van der Waals surface area contributed by atoms with E-state index in [4.69, 9.17) is 16.2 Å². The summed E-state index contributed by atoms with van der Waals surface area (Å²) < 4.78 is 5.79. The van der Waals surface area contributed by atoms with Gasteiger partial charge in [0, 0.05) is 25.2 Å². The molecule has 0 spiro atoms. The van der Waals surface area contributed by atoms with E-state index in [0.717, 1.165) is 43.8 Å². The maximum absolute atomic E-state index is 11.4. The summed E-state index contributed by atoms with van der Waals surface area (Å²) >= 11 is 0. The fourth-order valence-electron chi connectivity index (χ4n) is 2.73. The zero-order valence-corrected chi connectivity index (χ0v) is 12.7. The van der Waals surface area contributed by atoms with Gasteiger partial charge in [-0.3, -0.25) is 4.79 Å². The van der Waals surface area contributed by atoms with E-state index < -0.39 is 0 Å². The second-order valence-corrected chi connectivity index (χ2v) is 5.96. The highest BCUT2D eigenvalue weighted by Crippen LogP contribution is 2.29. The summed E-state index contributed by atoms with van der Waals surface area (Å²) in [5.41, 5.74) is 11.8. The largest absolute Gasteiger partial charge is 0.493 e. The van der Waals surface area contributed by atoms with Crippen LogP contribution in [0.2, 0.25) is 0 Å². The molecule has 1 saturated heterocycles. The van der Waals surface area contributed by atoms with Crippen molar-refractivity contribution in [1.82, 2.24) is 4.90 Å². The van der Waals surface area contributed by atoms with Crippen LogP contribution in [0.5, 0.6) is 5.75 Å². The number of hydrogen-bond donors (Lipinski definition) is 2. The average Bonchev–Trinajstić information content (AvgIpc) is 2.87. The molecule has 5 heteroatoms. The summed E-state index contributed by atoms with van der Waals surface area (Å²) in [5, 5.41) is 0. The van der Waals surface area contributed by atoms with Gasteiger partial charge in [-0.15, -0.1) is 0 Å². The molecule has 2 rings (SSSR count). The Balaban J connectivity index is 1.72. The summed E-state index contributed by atoms with van der Waals surface area (Å²) in [5.74, 6) is 0.668. The number of amides is 1. The summed E-state index contributed by atoms with van der Waals surface area (Å²) in [7, 11) is 0. The highest BCUT2D eigenvalue weighted by Gasteiger charge is 2.38. The van der Waals surface area contributed by atoms with Crippen molar-refractivity contribution in [1.29, 1.82) is 0 Å². The standard InChI is InChI=1S/C16H25N3O2/c1-16(15(18)20)7-9-19(12-16)8-4-10-21-14-6-3-2-5-13(14)11-17/h2-3,5-6H,4,7-12,17H2,1H3,(H2,18,20). The number of rotatable bonds is 7. The minimum atomic E-state index is -0.368. The van der Waals surface area contributed by atoms with Gasteiger partial charge in [0.15, 0.2) is 0 Å². The highest BCUT2D eigenvalue weighted by molar-refractivity contribution is 5.81. The smallest absolute Gasteiger partial charge is 0.224 e. The van der Waals surface area contributed by atoms with E-state index in [0.29, 0.717) is 13.2 Å². The molecule has 1 amide bonds. The third-order valence-electron chi connectivity index (χ3n) is 4.22. The third kappa shape index (κ3) is 3.95. The molecular weight excluding hydrogens is 266 g/mol. The molecule has 5 nitrogen and oxygen atoms in total. The van der Waals surface area contributed by atoms with Crippen molar-refractivity contribution in [2.45, 2.75) is 26.3 Å². The van der Waals surface area contributed by atoms with Crippen LogP contribution < -0.4 is 16.2 Å². The minimum absolute atomic E-state index is 0.196. The van der Waals surface area contributed by atoms with Gasteiger partial charge in [-0.25, -0.2) is 0 Å². The molecule has 1 atom stereocenters. The number of carbonyl (C=O) groups excluding carboxylic acids is 1. The number of ether oxygens (including phenoxy) is 1. The van der Waals surface area contributed by atoms with Gasteiger partial charge in [-0.1, -0.05) is 18.2 Å². The molecule has 1 aromatic rings. The van der Waals surface area contributed by atoms with Crippen LogP contribution in [0.4, 0.5) is 0 Å². The Labute approximate surface area is 126 Å². The molecule has 1 unspecified atom stereocenters. The molecule has 1 aliphatic heterocycles. The second-order valence-electron chi connectivity index (χ2n) is 5.96. The first-order chi connectivity index (χ1) is 10.0. The fourth-order valence-corrected chi connectivity index (χ4v) is 2.73. The topological polar surface area (TPSA) is 81.6 Å². The van der Waals surface area contributed by atoms with Crippen LogP contribution >= 0.6 is 0 Å². The van der Waals surface area contributed by atoms with Gasteiger partial charge in [0.25, 0.3) is 0 Å². The van der Waals surface area contributed by atoms with Crippen molar-refractivity contribution < 1.29 is 9.53 Å². The predicted octanol–water partition coefficient (Wildman–Crippen LogP) is 1.11. The van der Waals surface area contributed by atoms with Crippen LogP contribution in [0.3, 0.4) is 0 Å². The number of nitrogens with two attached hydrogens (primary N) is 2. The lowest BCUT2D eigenvalue weighted by Gasteiger charge is -2.21. The number of para-hydroxylation sites is 1. The molecule has 0 saturated carbocycles. The van der Waals surface area contributed by atoms with E-state index in [-0.39, 0.29) is 11.3 Å². The Morgan fingerprint density at radius 3 is 2.86 bits per heavy atom. The van der Waals surface area contributed by atoms with Crippen molar-refractivity contribution in [3.05, 3.63) is 29.8 Å². The molecule has 0 aliphatic carbocycles. The molecule has 21 heavy (non-hydrogen) atoms. The van der Waals surface area contributed by atoms with Gasteiger partial charge in [0.2, 0.25) is 5.91 Å². The summed E-state index contributed by atoms with van der Waals surface area (Å²) in [6.07, 6.45) is 1.77. The van der Waals surface area contributed by atoms with Gasteiger partial charge >= 0.3 is 0 Å². The SMILES string of the molecule is CC1(C(N)=O)CCN(CCCOc2ccccc2CN)C1. The molecule has 4 N–H and O–H groups in total. The lowest BCUT2D eigenvalue weighted by molar-refractivity contribution is -0.126. The van der Waals surface area contributed by atoms with Crippen molar-refractivity contribution in [3.63, 3.8) is 0 Å². The van der Waals surface area contributed by atoms with Crippen LogP contribution in [-0.4, -0.2) is 37.0 Å². The number of primary amides is 1. The first-order valence-electron chi connectivity index (χ1n) is 7.48. The highest BCUT2D eigenvalue weighted by atomic mass is 16.5. The van der Waals surface area contributed by atoms with Crippen molar-refractivity contribution in [2.75, 3.05) is 26.2 Å². The Morgan fingerprint density at radius 1 is 1.43 bits per heavy atom. The summed E-state index contributed by atoms with van der Waals surface area (Å²) in [4.78, 5) is 13.7. The number of benzene rings is 1. The van der Waals surface area contributed by atoms with Crippen LogP contribution in [0, 0.1) is 5.41 Å². The van der Waals surface area contributed by atoms with Crippen LogP contribution in [0.25, 0.3) is 0 Å². The number of likely N-dealkylation sites (tertiary alicyclic amines) is 1. The fraction of sp³-hybridized carbons (Fsp3) is 0.562. The van der Waals surface area contributed by atoms with E-state index in [1.165, 1.54) is 0 Å². The number of nitrogens with zero attached hydrogens (tertiary/aromatic N) is 1. The number of carbonyl (C=O) groups is 1. The van der Waals surface area contributed by atoms with E-state index in [1.54, 1.807) is 0 Å². The lowest BCUT2D eigenvalue weighted by atomic mass is 9.89. The van der Waals surface area contributed by atoms with Crippen LogP contribution in [0.15, 0.2) is 24.3 Å². The predicted molar refractivity (Wildman–Crippen MR) is 82.8 cm³/mol. The number of hydrogen-bond acceptors (Lipinski definition) is 4. The third-order valence-corrected chi connectivity index (χ3v) is 4.22. The zero-order valence-electron chi connectivity index (χ0n) is 12.7. The van der Waals surface area contributed by atoms with Crippen LogP contribution in [0.1, 0.15) is 25.3 Å². The molecular formula is C16H25N3O2. The maximum Gasteiger partial charge on any atom is 0.224 e. The Bertz CT molecular complexity index is 492. The molecule has 0 aromatic heterocycles. The maximum atomic E-state index is 11.4. The first-order valence-corrected chi connectivity index (χ1v) is 7.48. The normalized spacial score (nSPS) is 22.4. The molecule has 1 heterocycles. The Hall–Kier alpha value is -1.59. The van der Waals surface area contributed by atoms with Gasteiger partial charge in [0.05, 0.1) is 12.0 Å². The molecule has 1 aliphatic rings. The quantitative estimate of drug-likeness (QED) is 0.737. The molecule has 0 bridgehead atoms. The average molecular weight is 291 g/mol. The zero-order chi connectivity index (χ0) is 15.3. The first kappa shape index (κ1) is 15.8. The minimum Gasteiger partial charge on any atom is -0.493 e. The van der Waals surface area contributed by atoms with Crippen LogP contribution in [-0.2, 0) is 11.3 Å². The van der Waals surface area contributed by atoms with E-state index in [9.17, 15) is 4.79 Å². The van der Waals surface area contributed by atoms with E-state index >= 15 is 0 Å². The Kier molecular flexibility index (Phi) is 5.20. The molecule has 1 aromatic carbocycles. The second kappa shape index (κ2) is 6.91. The summed E-state index contributed by atoms with van der Waals surface area (Å²) in [6.45, 7) is 5.69. The van der Waals surface area contributed by atoms with E-state index in [2.05, 4.69) is 4.90 Å². The lowest BCUT2D eigenvalue weighted by Crippen LogP contribution is -2.37. The van der Waals surface area contributed by atoms with Crippen molar-refractivity contribution in [2.24, 2.45) is 16.9 Å². The van der Waals surface area contributed by atoms with Gasteiger partial charge in [-0.05, 0) is 32.4 Å². The molecule has 0 radical (unpaired) electrons. The summed E-state index contributed by atoms with van der Waals surface area (Å²) in [6, 6.07) is 7.84. The van der Waals surface area contributed by atoms with Gasteiger partial charge in [0.1, 0.15) is 5.75 Å². The Morgan fingerprint density at radius 2 is 2.19 bits per heavy atom. The van der Waals surface area contributed by atoms with Gasteiger partial charge < -0.3 is 21.1 Å². The van der Waals surface area contributed by atoms with Gasteiger partial charge in [-0.2, -0.15) is 0 Å².